The fourth-order valence-electron chi connectivity index (χ4n) is 10.1. The molecular weight excluding hydrogens is 1110 g/mol. The summed E-state index contributed by atoms with van der Waals surface area (Å²) in [5.41, 5.74) is -8.65. The minimum Gasteiger partial charge on any atom is -0.481 e. The largest absolute Gasteiger partial charge is 0.481 e. The highest BCUT2D eigenvalue weighted by atomic mass is 33.1. The zero-order valence-electron chi connectivity index (χ0n) is 50.7. The number of hydrogen-bond acceptors (Lipinski definition) is 22. The van der Waals surface area contributed by atoms with Gasteiger partial charge in [0.25, 0.3) is 0 Å². The van der Waals surface area contributed by atoms with Crippen LogP contribution in [0, 0.1) is 32.5 Å². The van der Waals surface area contributed by atoms with E-state index in [-0.39, 0.29) is 111 Å². The molecule has 1 aromatic heterocycles. The van der Waals surface area contributed by atoms with Crippen LogP contribution in [0.15, 0.2) is 29.4 Å². The molecular formula is C58H99N3O19S2. The Morgan fingerprint density at radius 1 is 0.683 bits per heavy atom. The van der Waals surface area contributed by atoms with Crippen LogP contribution in [0.4, 0.5) is 0 Å². The topological polar surface area (TPSA) is 317 Å². The van der Waals surface area contributed by atoms with E-state index >= 15 is 0 Å². The lowest BCUT2D eigenvalue weighted by Crippen LogP contribution is -2.59. The summed E-state index contributed by atoms with van der Waals surface area (Å²) in [5.74, 6) is -3.84. The van der Waals surface area contributed by atoms with Gasteiger partial charge in [0.1, 0.15) is 49.3 Å². The number of carboxylic acid groups (broad SMARTS) is 1. The Labute approximate surface area is 493 Å². The number of aromatic nitrogens is 1. The van der Waals surface area contributed by atoms with Gasteiger partial charge >= 0.3 is 29.8 Å². The third-order valence-electron chi connectivity index (χ3n) is 15.5. The first kappa shape index (κ1) is 74.4. The molecule has 0 spiro atoms. The van der Waals surface area contributed by atoms with Crippen molar-refractivity contribution in [3.63, 3.8) is 0 Å². The number of rotatable bonds is 42. The zero-order chi connectivity index (χ0) is 62.0. The molecule has 0 bridgehead atoms. The van der Waals surface area contributed by atoms with E-state index < -0.39 is 112 Å². The Morgan fingerprint density at radius 2 is 1.23 bits per heavy atom. The number of ether oxygens (including phenoxy) is 7. The van der Waals surface area contributed by atoms with Crippen molar-refractivity contribution in [3.8, 4) is 0 Å². The van der Waals surface area contributed by atoms with Crippen LogP contribution >= 0.6 is 21.6 Å². The van der Waals surface area contributed by atoms with Crippen molar-refractivity contribution in [2.75, 3.05) is 85.8 Å². The van der Waals surface area contributed by atoms with Gasteiger partial charge in [0, 0.05) is 30.5 Å². The molecule has 22 nitrogen and oxygen atoms in total. The summed E-state index contributed by atoms with van der Waals surface area (Å²) in [7, 11) is 6.47. The second kappa shape index (κ2) is 35.7. The van der Waals surface area contributed by atoms with Crippen LogP contribution in [0.5, 0.6) is 0 Å². The van der Waals surface area contributed by atoms with E-state index in [9.17, 15) is 59.4 Å². The molecule has 7 unspecified atom stereocenters. The Balaban J connectivity index is 2.59. The minimum absolute atomic E-state index is 0.00802. The molecule has 2 rings (SSSR count). The SMILES string of the molecule is CCCCOC(=O)C(C)(CC(C)(CCC)C(=O)O)CC(C)(CCC(C)(CC(C)(CCC(C)(CC)C(=O)OCCOCCO[C@@H]1O[C@H](CO)[C@H](O)[C@H](O)[C@H]1O)C(=O)NCC(C)O)C(=O)OCCSSc1ccccn1)C(=O)OCCN(C)C. The van der Waals surface area contributed by atoms with Gasteiger partial charge in [0.15, 0.2) is 6.29 Å². The van der Waals surface area contributed by atoms with Crippen LogP contribution in [0.2, 0.25) is 0 Å². The number of hydrogen-bond donors (Lipinski definition) is 7. The number of aliphatic hydroxyl groups is 5. The highest BCUT2D eigenvalue weighted by Crippen LogP contribution is 2.51. The summed E-state index contributed by atoms with van der Waals surface area (Å²) >= 11 is 0. The van der Waals surface area contributed by atoms with Gasteiger partial charge in [0.05, 0.1) is 66.2 Å². The molecule has 1 amide bonds. The molecule has 7 N–H and O–H groups in total. The molecule has 2 heterocycles. The number of nitrogens with one attached hydrogen (secondary N) is 1. The summed E-state index contributed by atoms with van der Waals surface area (Å²) in [4.78, 5) is 92.0. The number of carboxylic acids is 1. The van der Waals surface area contributed by atoms with Gasteiger partial charge in [0.2, 0.25) is 5.91 Å². The number of unbranched alkanes of at least 4 members (excludes halogenated alkanes) is 1. The van der Waals surface area contributed by atoms with Crippen LogP contribution in [-0.4, -0.2) is 199 Å². The lowest BCUT2D eigenvalue weighted by Gasteiger charge is -2.43. The smallest absolute Gasteiger partial charge is 0.311 e. The first-order chi connectivity index (χ1) is 38.4. The Bertz CT molecular complexity index is 2110. The van der Waals surface area contributed by atoms with Gasteiger partial charge in [-0.15, -0.1) is 0 Å². The van der Waals surface area contributed by atoms with Crippen molar-refractivity contribution >= 4 is 57.3 Å². The summed E-state index contributed by atoms with van der Waals surface area (Å²) < 4.78 is 40.0. The van der Waals surface area contributed by atoms with Crippen LogP contribution in [-0.2, 0) is 61.9 Å². The molecule has 12 atom stereocenters. The third-order valence-corrected chi connectivity index (χ3v) is 17.7. The highest BCUT2D eigenvalue weighted by molar-refractivity contribution is 8.76. The minimum atomic E-state index is -1.61. The number of amides is 1. The molecule has 1 fully saturated rings. The summed E-state index contributed by atoms with van der Waals surface area (Å²) in [6, 6.07) is 5.51. The van der Waals surface area contributed by atoms with Gasteiger partial charge in [-0.05, 0) is 143 Å². The Hall–Kier alpha value is -3.69. The van der Waals surface area contributed by atoms with Gasteiger partial charge in [-0.25, -0.2) is 4.98 Å². The van der Waals surface area contributed by atoms with Crippen molar-refractivity contribution in [1.29, 1.82) is 0 Å². The molecule has 24 heteroatoms. The maximum absolute atomic E-state index is 15.0. The number of aliphatic hydroxyl groups excluding tert-OH is 5. The average molecular weight is 1210 g/mol. The quantitative estimate of drug-likeness (QED) is 0.0177. The number of carbonyl (C=O) groups is 6. The molecule has 1 aliphatic rings. The first-order valence-electron chi connectivity index (χ1n) is 28.7. The first-order valence-corrected chi connectivity index (χ1v) is 31.0. The number of esters is 4. The second-order valence-corrected chi connectivity index (χ2v) is 26.3. The monoisotopic (exact) mass is 1210 g/mol. The molecule has 1 aliphatic heterocycles. The van der Waals surface area contributed by atoms with E-state index in [1.54, 1.807) is 60.7 Å². The highest BCUT2D eigenvalue weighted by Gasteiger charge is 2.54. The predicted molar refractivity (Wildman–Crippen MR) is 309 cm³/mol. The molecule has 0 radical (unpaired) electrons. The van der Waals surface area contributed by atoms with Crippen LogP contribution in [0.3, 0.4) is 0 Å². The van der Waals surface area contributed by atoms with Gasteiger partial charge in [-0.2, -0.15) is 0 Å². The number of nitrogens with zero attached hydrogens (tertiary/aromatic N) is 2. The fraction of sp³-hybridized carbons (Fsp3) is 0.810. The van der Waals surface area contributed by atoms with Crippen molar-refractivity contribution in [1.82, 2.24) is 15.2 Å². The van der Waals surface area contributed by atoms with E-state index in [1.165, 1.54) is 28.5 Å². The van der Waals surface area contributed by atoms with Crippen molar-refractivity contribution in [2.24, 2.45) is 32.5 Å². The van der Waals surface area contributed by atoms with E-state index in [4.69, 9.17) is 33.2 Å². The molecule has 1 saturated heterocycles. The van der Waals surface area contributed by atoms with Crippen LogP contribution in [0.1, 0.15) is 146 Å². The number of aliphatic carboxylic acids is 1. The lowest BCUT2D eigenvalue weighted by atomic mass is 9.61. The van der Waals surface area contributed by atoms with Gasteiger partial charge in [-0.1, -0.05) is 57.4 Å². The summed E-state index contributed by atoms with van der Waals surface area (Å²) in [5, 5.41) is 64.4. The van der Waals surface area contributed by atoms with Gasteiger partial charge < -0.3 is 74.0 Å². The third kappa shape index (κ3) is 23.6. The van der Waals surface area contributed by atoms with E-state index in [2.05, 4.69) is 10.3 Å². The van der Waals surface area contributed by atoms with E-state index in [1.807, 2.05) is 45.0 Å². The number of carbonyl (C=O) groups excluding carboxylic acids is 5. The van der Waals surface area contributed by atoms with Crippen LogP contribution in [0.25, 0.3) is 0 Å². The van der Waals surface area contributed by atoms with E-state index in [0.717, 1.165) is 11.4 Å². The van der Waals surface area contributed by atoms with Crippen molar-refractivity contribution < 1.29 is 92.6 Å². The summed E-state index contributed by atoms with van der Waals surface area (Å²) in [6.07, 6.45) is -4.78. The molecule has 1 aromatic rings. The normalized spacial score (nSPS) is 22.1. The number of likely N-dealkylation sites (N-methyl/N-ethyl adjacent to an activating group) is 1. The standard InChI is InChI=1S/C58H99N3O19S2/c1-13-16-27-76-52(73)58(10,38-55(7,20-14-2)48(68)69)39-57(9,50(71)77-28-26-61(11)12)24-23-56(8,51(72)79-33-34-81-82-42-19-17-18-25-59-42)37-54(6,47(67)60-35-40(4)63)22-21-53(5,15-3)49(70)78-32-30-74-29-31-75-46-45(66)44(65)43(64)41(36-62)80-46/h17-19,25,40-41,43-46,62-66H,13-16,20-24,26-39H2,1-12H3,(H,60,67)(H,68,69)/t40?,41-,43+,44+,45-,46-,53?,54?,55?,56?,57?,58?/m1/s1. The van der Waals surface area contributed by atoms with Crippen molar-refractivity contribution in [2.45, 2.75) is 188 Å². The maximum Gasteiger partial charge on any atom is 0.311 e. The fourth-order valence-corrected chi connectivity index (χ4v) is 11.8. The van der Waals surface area contributed by atoms with E-state index in [0.29, 0.717) is 25.1 Å². The molecule has 0 saturated carbocycles. The number of pyridine rings is 1. The molecule has 82 heavy (non-hydrogen) atoms. The molecule has 0 aliphatic carbocycles. The average Bonchev–Trinajstić information content (AvgIpc) is 3.62. The lowest BCUT2D eigenvalue weighted by molar-refractivity contribution is -0.302. The van der Waals surface area contributed by atoms with Gasteiger partial charge in [-0.3, -0.25) is 28.8 Å². The summed E-state index contributed by atoms with van der Waals surface area (Å²) in [6.45, 7) is 16.3. The maximum atomic E-state index is 15.0. The van der Waals surface area contributed by atoms with Crippen molar-refractivity contribution in [3.05, 3.63) is 24.4 Å². The molecule has 0 aromatic carbocycles. The Kier molecular flexibility index (Phi) is 32.4. The zero-order valence-corrected chi connectivity index (χ0v) is 52.4. The molecule has 472 valence electrons. The van der Waals surface area contributed by atoms with Crippen LogP contribution < -0.4 is 5.32 Å². The predicted octanol–water partition coefficient (Wildman–Crippen LogP) is 5.75. The Morgan fingerprint density at radius 3 is 1.79 bits per heavy atom. The second-order valence-electron chi connectivity index (χ2n) is 23.8.